The molecule has 0 radical (unpaired) electrons. The second-order valence-corrected chi connectivity index (χ2v) is 3.08. The smallest absolute Gasteiger partial charge is 0.319 e. The molecule has 0 aliphatic carbocycles. The van der Waals surface area contributed by atoms with Gasteiger partial charge >= 0.3 is 6.18 Å². The van der Waals surface area contributed by atoms with Crippen molar-refractivity contribution in [1.82, 2.24) is 15.8 Å². The largest absolute Gasteiger partial charge is 0.409 e. The predicted octanol–water partition coefficient (Wildman–Crippen LogP) is 1.46. The fraction of sp³-hybridized carbons (Fsp3) is 0.222. The lowest BCUT2D eigenvalue weighted by molar-refractivity contribution is -0.144. The Morgan fingerprint density at radius 3 is 2.60 bits per heavy atom. The minimum Gasteiger partial charge on any atom is -0.319 e. The SMILES string of the molecule is FC(F)(F)C1C=C(c2ccccn2)NN1. The molecule has 0 aromatic carbocycles. The highest BCUT2D eigenvalue weighted by atomic mass is 19.4. The highest BCUT2D eigenvalue weighted by molar-refractivity contribution is 5.62. The zero-order chi connectivity index (χ0) is 10.9. The number of nitrogens with one attached hydrogen (secondary N) is 2. The molecule has 1 unspecified atom stereocenters. The van der Waals surface area contributed by atoms with Crippen molar-refractivity contribution in [3.63, 3.8) is 0 Å². The first-order chi connectivity index (χ1) is 7.07. The van der Waals surface area contributed by atoms with E-state index in [4.69, 9.17) is 0 Å². The Hall–Kier alpha value is -1.56. The molecule has 0 bridgehead atoms. The number of hydrogen-bond acceptors (Lipinski definition) is 3. The number of alkyl halides is 3. The molecule has 2 N–H and O–H groups in total. The summed E-state index contributed by atoms with van der Waals surface area (Å²) in [7, 11) is 0. The topological polar surface area (TPSA) is 37.0 Å². The summed E-state index contributed by atoms with van der Waals surface area (Å²) >= 11 is 0. The fourth-order valence-electron chi connectivity index (χ4n) is 1.25. The van der Waals surface area contributed by atoms with Gasteiger partial charge in [-0.05, 0) is 18.2 Å². The van der Waals surface area contributed by atoms with Crippen molar-refractivity contribution in [3.05, 3.63) is 36.2 Å². The van der Waals surface area contributed by atoms with Crippen molar-refractivity contribution >= 4 is 5.70 Å². The van der Waals surface area contributed by atoms with Crippen LogP contribution >= 0.6 is 0 Å². The maximum atomic E-state index is 12.3. The molecule has 0 saturated carbocycles. The molecule has 1 aliphatic heterocycles. The van der Waals surface area contributed by atoms with Crippen LogP contribution in [0.5, 0.6) is 0 Å². The van der Waals surface area contributed by atoms with Crippen molar-refractivity contribution in [2.45, 2.75) is 12.2 Å². The number of pyridine rings is 1. The van der Waals surface area contributed by atoms with E-state index in [-0.39, 0.29) is 0 Å². The van der Waals surface area contributed by atoms with Crippen molar-refractivity contribution in [1.29, 1.82) is 0 Å². The van der Waals surface area contributed by atoms with Crippen LogP contribution in [0.3, 0.4) is 0 Å². The molecule has 2 heterocycles. The minimum atomic E-state index is -4.29. The van der Waals surface area contributed by atoms with Gasteiger partial charge in [-0.3, -0.25) is 4.98 Å². The van der Waals surface area contributed by atoms with Crippen LogP contribution in [0.2, 0.25) is 0 Å². The summed E-state index contributed by atoms with van der Waals surface area (Å²) in [6, 6.07) is 3.40. The number of rotatable bonds is 1. The number of hydrazine groups is 1. The van der Waals surface area contributed by atoms with Crippen LogP contribution in [0.4, 0.5) is 13.2 Å². The van der Waals surface area contributed by atoms with Crippen LogP contribution in [0, 0.1) is 0 Å². The molecule has 0 spiro atoms. The number of hydrogen-bond donors (Lipinski definition) is 2. The standard InChI is InChI=1S/C9H8F3N3/c10-9(11,12)8-5-7(14-15-8)6-3-1-2-4-13-6/h1-5,8,14-15H. The van der Waals surface area contributed by atoms with E-state index in [0.29, 0.717) is 11.4 Å². The molecule has 2 rings (SSSR count). The van der Waals surface area contributed by atoms with Crippen LogP contribution in [0.1, 0.15) is 5.69 Å². The molecule has 0 fully saturated rings. The summed E-state index contributed by atoms with van der Waals surface area (Å²) in [4.78, 5) is 3.94. The van der Waals surface area contributed by atoms with Gasteiger partial charge in [0, 0.05) is 6.20 Å². The zero-order valence-electron chi connectivity index (χ0n) is 7.55. The Labute approximate surface area is 84.0 Å². The number of nitrogens with zero attached hydrogens (tertiary/aromatic N) is 1. The molecule has 1 atom stereocenters. The second-order valence-electron chi connectivity index (χ2n) is 3.08. The van der Waals surface area contributed by atoms with Gasteiger partial charge in [-0.2, -0.15) is 13.2 Å². The highest BCUT2D eigenvalue weighted by Crippen LogP contribution is 2.25. The van der Waals surface area contributed by atoms with E-state index in [9.17, 15) is 13.2 Å². The van der Waals surface area contributed by atoms with Gasteiger partial charge in [0.1, 0.15) is 6.04 Å². The van der Waals surface area contributed by atoms with Gasteiger partial charge in [0.25, 0.3) is 0 Å². The van der Waals surface area contributed by atoms with E-state index in [1.54, 1.807) is 18.2 Å². The molecule has 6 heteroatoms. The van der Waals surface area contributed by atoms with Gasteiger partial charge in [0.2, 0.25) is 0 Å². The van der Waals surface area contributed by atoms with Crippen molar-refractivity contribution < 1.29 is 13.2 Å². The van der Waals surface area contributed by atoms with Gasteiger partial charge in [-0.1, -0.05) is 6.07 Å². The average molecular weight is 215 g/mol. The lowest BCUT2D eigenvalue weighted by Crippen LogP contribution is -2.41. The van der Waals surface area contributed by atoms with Crippen LogP contribution in [0.15, 0.2) is 30.5 Å². The van der Waals surface area contributed by atoms with Crippen molar-refractivity contribution in [2.24, 2.45) is 0 Å². The minimum absolute atomic E-state index is 0.345. The molecule has 1 aliphatic rings. The van der Waals surface area contributed by atoms with Crippen LogP contribution in [-0.4, -0.2) is 17.2 Å². The first kappa shape index (κ1) is 9.97. The first-order valence-electron chi connectivity index (χ1n) is 4.29. The number of halogens is 3. The Bertz CT molecular complexity index is 372. The summed E-state index contributed by atoms with van der Waals surface area (Å²) in [5.74, 6) is 0. The van der Waals surface area contributed by atoms with Gasteiger partial charge in [0.15, 0.2) is 0 Å². The molecule has 0 amide bonds. The van der Waals surface area contributed by atoms with Gasteiger partial charge in [-0.15, -0.1) is 0 Å². The molecule has 1 aromatic rings. The average Bonchev–Trinajstić information content (AvgIpc) is 2.67. The highest BCUT2D eigenvalue weighted by Gasteiger charge is 2.41. The maximum Gasteiger partial charge on any atom is 0.409 e. The molecular formula is C9H8F3N3. The van der Waals surface area contributed by atoms with Crippen molar-refractivity contribution in [2.75, 3.05) is 0 Å². The fourth-order valence-corrected chi connectivity index (χ4v) is 1.25. The summed E-state index contributed by atoms with van der Waals surface area (Å²) in [5, 5.41) is 0. The Balaban J connectivity index is 2.21. The maximum absolute atomic E-state index is 12.3. The van der Waals surface area contributed by atoms with Crippen LogP contribution < -0.4 is 10.9 Å². The lowest BCUT2D eigenvalue weighted by Gasteiger charge is -2.11. The van der Waals surface area contributed by atoms with Crippen LogP contribution in [0.25, 0.3) is 5.70 Å². The zero-order valence-corrected chi connectivity index (χ0v) is 7.55. The third-order valence-corrected chi connectivity index (χ3v) is 1.99. The summed E-state index contributed by atoms with van der Waals surface area (Å²) in [6.07, 6.45) is -1.69. The molecule has 3 nitrogen and oxygen atoms in total. The van der Waals surface area contributed by atoms with Crippen molar-refractivity contribution in [3.8, 4) is 0 Å². The predicted molar refractivity (Wildman–Crippen MR) is 48.3 cm³/mol. The Morgan fingerprint density at radius 2 is 2.07 bits per heavy atom. The van der Waals surface area contributed by atoms with E-state index in [1.165, 1.54) is 6.20 Å². The van der Waals surface area contributed by atoms with E-state index >= 15 is 0 Å². The van der Waals surface area contributed by atoms with E-state index in [0.717, 1.165) is 6.08 Å². The summed E-state index contributed by atoms with van der Waals surface area (Å²) in [5.41, 5.74) is 5.42. The summed E-state index contributed by atoms with van der Waals surface area (Å²) < 4.78 is 36.8. The third kappa shape index (κ3) is 2.10. The normalized spacial score (nSPS) is 21.0. The monoisotopic (exact) mass is 215 g/mol. The van der Waals surface area contributed by atoms with Gasteiger partial charge in [0.05, 0.1) is 11.4 Å². The summed E-state index contributed by atoms with van der Waals surface area (Å²) in [6.45, 7) is 0. The Kier molecular flexibility index (Phi) is 2.36. The Morgan fingerprint density at radius 1 is 1.27 bits per heavy atom. The number of aromatic nitrogens is 1. The molecule has 0 saturated heterocycles. The van der Waals surface area contributed by atoms with Crippen LogP contribution in [-0.2, 0) is 0 Å². The quantitative estimate of drug-likeness (QED) is 0.744. The van der Waals surface area contributed by atoms with E-state index in [1.807, 2.05) is 0 Å². The molecule has 15 heavy (non-hydrogen) atoms. The third-order valence-electron chi connectivity index (χ3n) is 1.99. The molecule has 80 valence electrons. The molecular weight excluding hydrogens is 207 g/mol. The first-order valence-corrected chi connectivity index (χ1v) is 4.29. The van der Waals surface area contributed by atoms with Gasteiger partial charge < -0.3 is 5.43 Å². The lowest BCUT2D eigenvalue weighted by atomic mass is 10.2. The van der Waals surface area contributed by atoms with E-state index < -0.39 is 12.2 Å². The molecule has 1 aromatic heterocycles. The van der Waals surface area contributed by atoms with E-state index in [2.05, 4.69) is 15.8 Å². The van der Waals surface area contributed by atoms with Gasteiger partial charge in [-0.25, -0.2) is 5.43 Å². The second kappa shape index (κ2) is 3.54.